The van der Waals surface area contributed by atoms with Crippen molar-refractivity contribution >= 4 is 41.0 Å². The summed E-state index contributed by atoms with van der Waals surface area (Å²) in [6, 6.07) is 18.6. The highest BCUT2D eigenvalue weighted by Gasteiger charge is 2.06. The summed E-state index contributed by atoms with van der Waals surface area (Å²) in [6.07, 6.45) is 4.95. The Bertz CT molecular complexity index is 1150. The third-order valence-corrected chi connectivity index (χ3v) is 5.25. The molecule has 4 rings (SSSR count). The molecule has 0 aliphatic carbocycles. The molecule has 0 spiro atoms. The van der Waals surface area contributed by atoms with Crippen LogP contribution in [0.5, 0.6) is 0 Å². The molecule has 0 saturated carbocycles. The monoisotopic (exact) mass is 543 g/mol. The van der Waals surface area contributed by atoms with Crippen molar-refractivity contribution < 1.29 is 0 Å². The molecule has 0 unspecified atom stereocenters. The number of halogens is 1. The van der Waals surface area contributed by atoms with Gasteiger partial charge in [-0.25, -0.2) is 4.98 Å². The number of nitrogens with one attached hydrogen (secondary N) is 2. The van der Waals surface area contributed by atoms with E-state index in [0.717, 1.165) is 48.9 Å². The van der Waals surface area contributed by atoms with Gasteiger partial charge in [0.2, 0.25) is 0 Å². The van der Waals surface area contributed by atoms with E-state index in [1.54, 1.807) is 7.05 Å². The van der Waals surface area contributed by atoms with E-state index in [1.165, 1.54) is 11.1 Å². The lowest BCUT2D eigenvalue weighted by molar-refractivity contribution is 0.624. The zero-order valence-corrected chi connectivity index (χ0v) is 20.9. The molecule has 4 aromatic rings. The van der Waals surface area contributed by atoms with Gasteiger partial charge in [0.25, 0.3) is 0 Å². The minimum atomic E-state index is 0. The molecule has 2 aromatic heterocycles. The van der Waals surface area contributed by atoms with Crippen LogP contribution in [0, 0.1) is 6.92 Å². The van der Waals surface area contributed by atoms with Crippen molar-refractivity contribution in [3.63, 3.8) is 0 Å². The van der Waals surface area contributed by atoms with Crippen LogP contribution in [0.1, 0.15) is 23.4 Å². The fourth-order valence-electron chi connectivity index (χ4n) is 3.68. The smallest absolute Gasteiger partial charge is 0.191 e. The Hall–Kier alpha value is -2.88. The number of fused-ring (bicyclic) bond motifs is 1. The van der Waals surface area contributed by atoms with Gasteiger partial charge in [0, 0.05) is 38.4 Å². The molecule has 0 saturated heterocycles. The first-order valence-electron chi connectivity index (χ1n) is 10.6. The van der Waals surface area contributed by atoms with Gasteiger partial charge in [-0.2, -0.15) is 5.10 Å². The minimum Gasteiger partial charge on any atom is -0.356 e. The number of aliphatic imine (C=N–C) groups is 1. The molecular weight excluding hydrogens is 513 g/mol. The number of imidazole rings is 1. The number of rotatable bonds is 8. The molecule has 0 atom stereocenters. The first-order valence-corrected chi connectivity index (χ1v) is 10.6. The van der Waals surface area contributed by atoms with Gasteiger partial charge in [-0.1, -0.05) is 42.5 Å². The molecule has 168 valence electrons. The van der Waals surface area contributed by atoms with Crippen molar-refractivity contribution in [1.82, 2.24) is 30.0 Å². The Kier molecular flexibility index (Phi) is 8.66. The van der Waals surface area contributed by atoms with E-state index in [4.69, 9.17) is 0 Å². The van der Waals surface area contributed by atoms with Gasteiger partial charge < -0.3 is 15.2 Å². The number of hydrogen-bond donors (Lipinski definition) is 2. The molecule has 7 nitrogen and oxygen atoms in total. The maximum absolute atomic E-state index is 4.63. The number of hydrogen-bond acceptors (Lipinski definition) is 3. The molecule has 2 heterocycles. The van der Waals surface area contributed by atoms with Crippen molar-refractivity contribution in [3.8, 4) is 0 Å². The van der Waals surface area contributed by atoms with Gasteiger partial charge in [-0.15, -0.1) is 24.0 Å². The van der Waals surface area contributed by atoms with Crippen LogP contribution < -0.4 is 10.6 Å². The summed E-state index contributed by atoms with van der Waals surface area (Å²) in [5, 5.41) is 11.2. The number of para-hydroxylation sites is 2. The van der Waals surface area contributed by atoms with E-state index in [2.05, 4.69) is 73.7 Å². The van der Waals surface area contributed by atoms with Gasteiger partial charge >= 0.3 is 0 Å². The topological polar surface area (TPSA) is 72.1 Å². The Labute approximate surface area is 206 Å². The quantitative estimate of drug-likeness (QED) is 0.153. The van der Waals surface area contributed by atoms with Crippen molar-refractivity contribution in [2.45, 2.75) is 33.0 Å². The summed E-state index contributed by atoms with van der Waals surface area (Å²) >= 11 is 0. The number of benzene rings is 2. The normalized spacial score (nSPS) is 11.4. The van der Waals surface area contributed by atoms with Crippen molar-refractivity contribution in [3.05, 3.63) is 83.9 Å². The number of aryl methyl sites for hydroxylation is 2. The molecule has 2 N–H and O–H groups in total. The second-order valence-corrected chi connectivity index (χ2v) is 7.54. The SMILES string of the molecule is CN=C(NCCCn1c(C)nc2ccccc21)NCc1cnn(Cc2ccccc2)c1.I. The Balaban J connectivity index is 0.00000289. The Morgan fingerprint density at radius 2 is 1.78 bits per heavy atom. The maximum Gasteiger partial charge on any atom is 0.191 e. The molecule has 0 amide bonds. The summed E-state index contributed by atoms with van der Waals surface area (Å²) < 4.78 is 4.23. The van der Waals surface area contributed by atoms with Crippen molar-refractivity contribution in [2.24, 2.45) is 4.99 Å². The van der Waals surface area contributed by atoms with Crippen LogP contribution in [0.25, 0.3) is 11.0 Å². The fraction of sp³-hybridized carbons (Fsp3) is 0.292. The van der Waals surface area contributed by atoms with Crippen LogP contribution in [0.2, 0.25) is 0 Å². The highest BCUT2D eigenvalue weighted by atomic mass is 127. The molecule has 8 heteroatoms. The van der Waals surface area contributed by atoms with E-state index in [9.17, 15) is 0 Å². The summed E-state index contributed by atoms with van der Waals surface area (Å²) in [5.74, 6) is 1.85. The van der Waals surface area contributed by atoms with Gasteiger partial charge in [-0.3, -0.25) is 9.67 Å². The van der Waals surface area contributed by atoms with Gasteiger partial charge in [-0.05, 0) is 31.0 Å². The van der Waals surface area contributed by atoms with Crippen LogP contribution in [0.4, 0.5) is 0 Å². The van der Waals surface area contributed by atoms with E-state index in [1.807, 2.05) is 35.1 Å². The summed E-state index contributed by atoms with van der Waals surface area (Å²) in [7, 11) is 1.79. The average molecular weight is 543 g/mol. The van der Waals surface area contributed by atoms with Crippen LogP contribution in [-0.4, -0.2) is 38.9 Å². The number of aromatic nitrogens is 4. The van der Waals surface area contributed by atoms with Crippen LogP contribution >= 0.6 is 24.0 Å². The van der Waals surface area contributed by atoms with Crippen LogP contribution in [-0.2, 0) is 19.6 Å². The first-order chi connectivity index (χ1) is 15.2. The van der Waals surface area contributed by atoms with Crippen molar-refractivity contribution in [2.75, 3.05) is 13.6 Å². The third kappa shape index (κ3) is 6.09. The lowest BCUT2D eigenvalue weighted by atomic mass is 10.2. The zero-order chi connectivity index (χ0) is 21.5. The highest BCUT2D eigenvalue weighted by Crippen LogP contribution is 2.15. The molecule has 0 aliphatic rings. The predicted molar refractivity (Wildman–Crippen MR) is 140 cm³/mol. The molecule has 32 heavy (non-hydrogen) atoms. The van der Waals surface area contributed by atoms with E-state index >= 15 is 0 Å². The van der Waals surface area contributed by atoms with E-state index in [-0.39, 0.29) is 24.0 Å². The fourth-order valence-corrected chi connectivity index (χ4v) is 3.68. The lowest BCUT2D eigenvalue weighted by Gasteiger charge is -2.12. The summed E-state index contributed by atoms with van der Waals surface area (Å²) in [6.45, 7) is 5.27. The second kappa shape index (κ2) is 11.7. The maximum atomic E-state index is 4.63. The minimum absolute atomic E-state index is 0. The lowest BCUT2D eigenvalue weighted by Crippen LogP contribution is -2.37. The largest absolute Gasteiger partial charge is 0.356 e. The highest BCUT2D eigenvalue weighted by molar-refractivity contribution is 14.0. The first kappa shape index (κ1) is 23.8. The molecule has 0 fully saturated rings. The Morgan fingerprint density at radius 3 is 2.59 bits per heavy atom. The summed E-state index contributed by atoms with van der Waals surface area (Å²) in [5.41, 5.74) is 4.61. The Morgan fingerprint density at radius 1 is 1.00 bits per heavy atom. The second-order valence-electron chi connectivity index (χ2n) is 7.54. The molecular formula is C24H30IN7. The van der Waals surface area contributed by atoms with Gasteiger partial charge in [0.05, 0.1) is 23.8 Å². The molecule has 0 aliphatic heterocycles. The third-order valence-electron chi connectivity index (χ3n) is 5.25. The van der Waals surface area contributed by atoms with E-state index < -0.39 is 0 Å². The molecule has 2 aromatic carbocycles. The van der Waals surface area contributed by atoms with Crippen LogP contribution in [0.15, 0.2) is 72.0 Å². The number of guanidine groups is 1. The summed E-state index contributed by atoms with van der Waals surface area (Å²) in [4.78, 5) is 8.96. The average Bonchev–Trinajstić information content (AvgIpc) is 3.37. The zero-order valence-electron chi connectivity index (χ0n) is 18.5. The van der Waals surface area contributed by atoms with Crippen molar-refractivity contribution in [1.29, 1.82) is 0 Å². The van der Waals surface area contributed by atoms with E-state index in [0.29, 0.717) is 6.54 Å². The molecule has 0 radical (unpaired) electrons. The standard InChI is InChI=1S/C24H29N7.HI/c1-19-29-22-11-6-7-12-23(22)31(19)14-8-13-26-24(25-2)27-15-21-16-28-30(18-21)17-20-9-4-3-5-10-20;/h3-7,9-12,16,18H,8,13-15,17H2,1-2H3,(H2,25,26,27);1H. The van der Waals surface area contributed by atoms with Gasteiger partial charge in [0.1, 0.15) is 5.82 Å². The number of nitrogens with zero attached hydrogens (tertiary/aromatic N) is 5. The van der Waals surface area contributed by atoms with Gasteiger partial charge in [0.15, 0.2) is 5.96 Å². The van der Waals surface area contributed by atoms with Crippen LogP contribution in [0.3, 0.4) is 0 Å². The molecule has 0 bridgehead atoms. The predicted octanol–water partition coefficient (Wildman–Crippen LogP) is 3.96.